The van der Waals surface area contributed by atoms with E-state index in [1.165, 1.54) is 31.2 Å². The molecular weight excluding hydrogens is 314 g/mol. The lowest BCUT2D eigenvalue weighted by molar-refractivity contribution is 0.0935. The molecule has 1 aliphatic carbocycles. The first-order valence-electron chi connectivity index (χ1n) is 7.50. The third kappa shape index (κ3) is 3.63. The van der Waals surface area contributed by atoms with E-state index in [1.54, 1.807) is 0 Å². The zero-order valence-corrected chi connectivity index (χ0v) is 14.0. The van der Waals surface area contributed by atoms with Crippen molar-refractivity contribution in [2.24, 2.45) is 5.41 Å². The molecule has 1 aromatic carbocycles. The zero-order valence-electron chi connectivity index (χ0n) is 12.4. The molecule has 20 heavy (non-hydrogen) atoms. The molecule has 1 amide bonds. The van der Waals surface area contributed by atoms with Crippen LogP contribution >= 0.6 is 15.9 Å². The molecule has 1 saturated carbocycles. The molecule has 0 saturated heterocycles. The molecule has 0 aromatic heterocycles. The normalized spacial score (nSPS) is 17.4. The molecule has 3 heteroatoms. The van der Waals surface area contributed by atoms with Gasteiger partial charge in [-0.2, -0.15) is 0 Å². The molecule has 2 rings (SSSR count). The minimum absolute atomic E-state index is 0.0486. The average molecular weight is 338 g/mol. The maximum absolute atomic E-state index is 12.2. The average Bonchev–Trinajstić information content (AvgIpc) is 2.94. The first kappa shape index (κ1) is 15.6. The molecule has 1 aliphatic rings. The number of hydrogen-bond donors (Lipinski definition) is 1. The number of halogens is 1. The van der Waals surface area contributed by atoms with Crippen molar-refractivity contribution in [2.75, 3.05) is 11.9 Å². The first-order valence-corrected chi connectivity index (χ1v) is 8.63. The van der Waals surface area contributed by atoms with Crippen molar-refractivity contribution in [1.29, 1.82) is 0 Å². The number of alkyl halides is 1. The largest absolute Gasteiger partial charge is 0.351 e. The van der Waals surface area contributed by atoms with E-state index in [2.05, 4.69) is 47.2 Å². The summed E-state index contributed by atoms with van der Waals surface area (Å²) in [6.45, 7) is 5.10. The van der Waals surface area contributed by atoms with Gasteiger partial charge in [-0.1, -0.05) is 54.8 Å². The molecule has 110 valence electrons. The van der Waals surface area contributed by atoms with E-state index in [9.17, 15) is 4.79 Å². The van der Waals surface area contributed by atoms with Gasteiger partial charge >= 0.3 is 0 Å². The minimum atomic E-state index is 0.0486. The van der Waals surface area contributed by atoms with Crippen LogP contribution in [0.25, 0.3) is 0 Å². The third-order valence-corrected chi connectivity index (χ3v) is 5.60. The summed E-state index contributed by atoms with van der Waals surface area (Å²) in [5, 5.41) is 4.09. The van der Waals surface area contributed by atoms with E-state index in [0.717, 1.165) is 17.4 Å². The minimum Gasteiger partial charge on any atom is -0.351 e. The molecule has 0 spiro atoms. The summed E-state index contributed by atoms with van der Waals surface area (Å²) in [5.74, 6) is 0.551. The van der Waals surface area contributed by atoms with Crippen LogP contribution < -0.4 is 5.32 Å². The SMILES string of the molecule is CC(C)c1ccc(C(=O)NCC2(CBr)CCCC2)cc1. The lowest BCUT2D eigenvalue weighted by Crippen LogP contribution is -2.37. The summed E-state index contributed by atoms with van der Waals surface area (Å²) in [6.07, 6.45) is 4.99. The highest BCUT2D eigenvalue weighted by Crippen LogP contribution is 2.38. The van der Waals surface area contributed by atoms with Crippen molar-refractivity contribution in [3.8, 4) is 0 Å². The maximum atomic E-state index is 12.2. The second-order valence-corrected chi connectivity index (χ2v) is 6.86. The van der Waals surface area contributed by atoms with Crippen molar-refractivity contribution in [1.82, 2.24) is 5.32 Å². The van der Waals surface area contributed by atoms with Gasteiger partial charge in [-0.25, -0.2) is 0 Å². The van der Waals surface area contributed by atoms with E-state index in [4.69, 9.17) is 0 Å². The fourth-order valence-electron chi connectivity index (χ4n) is 2.87. The molecule has 1 aromatic rings. The number of benzene rings is 1. The van der Waals surface area contributed by atoms with Gasteiger partial charge in [-0.15, -0.1) is 0 Å². The Kier molecular flexibility index (Phi) is 5.25. The molecule has 0 atom stereocenters. The molecule has 1 fully saturated rings. The number of nitrogens with one attached hydrogen (secondary N) is 1. The van der Waals surface area contributed by atoms with Gasteiger partial charge in [0.15, 0.2) is 0 Å². The molecule has 0 heterocycles. The Morgan fingerprint density at radius 1 is 1.25 bits per heavy atom. The first-order chi connectivity index (χ1) is 9.56. The second-order valence-electron chi connectivity index (χ2n) is 6.30. The second kappa shape index (κ2) is 6.75. The number of carbonyl (C=O) groups is 1. The van der Waals surface area contributed by atoms with E-state index in [-0.39, 0.29) is 11.3 Å². The Morgan fingerprint density at radius 3 is 2.35 bits per heavy atom. The Labute approximate surface area is 130 Å². The number of hydrogen-bond acceptors (Lipinski definition) is 1. The van der Waals surface area contributed by atoms with E-state index in [0.29, 0.717) is 5.92 Å². The Morgan fingerprint density at radius 2 is 1.85 bits per heavy atom. The fourth-order valence-corrected chi connectivity index (χ4v) is 3.63. The van der Waals surface area contributed by atoms with Crippen molar-refractivity contribution < 1.29 is 4.79 Å². The van der Waals surface area contributed by atoms with Crippen LogP contribution in [0, 0.1) is 5.41 Å². The Bertz CT molecular complexity index is 447. The van der Waals surface area contributed by atoms with Gasteiger partial charge in [-0.3, -0.25) is 4.79 Å². The molecule has 1 N–H and O–H groups in total. The van der Waals surface area contributed by atoms with E-state index >= 15 is 0 Å². The zero-order chi connectivity index (χ0) is 14.6. The lowest BCUT2D eigenvalue weighted by atomic mass is 9.89. The Hall–Kier alpha value is -0.830. The predicted molar refractivity (Wildman–Crippen MR) is 87.6 cm³/mol. The van der Waals surface area contributed by atoms with Crippen LogP contribution in [0.15, 0.2) is 24.3 Å². The van der Waals surface area contributed by atoms with Gasteiger partial charge in [0, 0.05) is 17.4 Å². The van der Waals surface area contributed by atoms with Crippen LogP contribution in [0.2, 0.25) is 0 Å². The Balaban J connectivity index is 1.94. The third-order valence-electron chi connectivity index (χ3n) is 4.41. The van der Waals surface area contributed by atoms with Crippen LogP contribution in [0.5, 0.6) is 0 Å². The molecule has 0 bridgehead atoms. The fraction of sp³-hybridized carbons (Fsp3) is 0.588. The summed E-state index contributed by atoms with van der Waals surface area (Å²) < 4.78 is 0. The van der Waals surface area contributed by atoms with Crippen molar-refractivity contribution in [3.63, 3.8) is 0 Å². The molecule has 2 nitrogen and oxygen atoms in total. The standard InChI is InChI=1S/C17H24BrNO/c1-13(2)14-5-7-15(8-6-14)16(20)19-12-17(11-18)9-3-4-10-17/h5-8,13H,3-4,9-12H2,1-2H3,(H,19,20). The van der Waals surface area contributed by atoms with Gasteiger partial charge in [0.05, 0.1) is 0 Å². The van der Waals surface area contributed by atoms with Crippen LogP contribution in [0.3, 0.4) is 0 Å². The highest BCUT2D eigenvalue weighted by atomic mass is 79.9. The van der Waals surface area contributed by atoms with Gasteiger partial charge in [0.2, 0.25) is 0 Å². The summed E-state index contributed by atoms with van der Waals surface area (Å²) in [4.78, 5) is 12.2. The summed E-state index contributed by atoms with van der Waals surface area (Å²) in [5.41, 5.74) is 2.31. The van der Waals surface area contributed by atoms with Crippen molar-refractivity contribution in [3.05, 3.63) is 35.4 Å². The van der Waals surface area contributed by atoms with E-state index in [1.807, 2.05) is 12.1 Å². The number of rotatable bonds is 5. The highest BCUT2D eigenvalue weighted by molar-refractivity contribution is 9.09. The van der Waals surface area contributed by atoms with Gasteiger partial charge in [0.1, 0.15) is 0 Å². The summed E-state index contributed by atoms with van der Waals surface area (Å²) >= 11 is 3.61. The van der Waals surface area contributed by atoms with Crippen molar-refractivity contribution in [2.45, 2.75) is 45.4 Å². The number of carbonyl (C=O) groups excluding carboxylic acids is 1. The molecule has 0 aliphatic heterocycles. The monoisotopic (exact) mass is 337 g/mol. The molecule has 0 unspecified atom stereocenters. The van der Waals surface area contributed by atoms with Crippen LogP contribution in [0.1, 0.15) is 61.4 Å². The molecule has 0 radical (unpaired) electrons. The lowest BCUT2D eigenvalue weighted by Gasteiger charge is -2.26. The quantitative estimate of drug-likeness (QED) is 0.787. The van der Waals surface area contributed by atoms with Crippen LogP contribution in [0.4, 0.5) is 0 Å². The van der Waals surface area contributed by atoms with Crippen LogP contribution in [-0.4, -0.2) is 17.8 Å². The van der Waals surface area contributed by atoms with E-state index < -0.39 is 0 Å². The predicted octanol–water partition coefficient (Wildman–Crippen LogP) is 4.50. The van der Waals surface area contributed by atoms with Gasteiger partial charge < -0.3 is 5.32 Å². The topological polar surface area (TPSA) is 29.1 Å². The van der Waals surface area contributed by atoms with Crippen LogP contribution in [-0.2, 0) is 0 Å². The van der Waals surface area contributed by atoms with Gasteiger partial charge in [0.25, 0.3) is 5.91 Å². The molecular formula is C17H24BrNO. The number of amides is 1. The summed E-state index contributed by atoms with van der Waals surface area (Å²) in [6, 6.07) is 7.96. The highest BCUT2D eigenvalue weighted by Gasteiger charge is 2.33. The van der Waals surface area contributed by atoms with Gasteiger partial charge in [-0.05, 0) is 41.9 Å². The van der Waals surface area contributed by atoms with Crippen molar-refractivity contribution >= 4 is 21.8 Å². The smallest absolute Gasteiger partial charge is 0.251 e. The maximum Gasteiger partial charge on any atom is 0.251 e. The summed E-state index contributed by atoms with van der Waals surface area (Å²) in [7, 11) is 0.